The normalized spacial score (nSPS) is 14.5. The van der Waals surface area contributed by atoms with E-state index in [1.54, 1.807) is 18.2 Å². The molecule has 0 amide bonds. The van der Waals surface area contributed by atoms with Gasteiger partial charge in [0, 0.05) is 9.13 Å². The van der Waals surface area contributed by atoms with Crippen LogP contribution in [0.1, 0.15) is 16.7 Å². The van der Waals surface area contributed by atoms with Crippen molar-refractivity contribution in [2.75, 3.05) is 0 Å². The summed E-state index contributed by atoms with van der Waals surface area (Å²) in [5.74, 6) is 0.415. The van der Waals surface area contributed by atoms with Gasteiger partial charge in [0.05, 0.1) is 19.0 Å². The highest BCUT2D eigenvalue weighted by Gasteiger charge is 2.24. The minimum atomic E-state index is -0.495. The van der Waals surface area contributed by atoms with Crippen LogP contribution < -0.4 is 4.74 Å². The maximum atomic E-state index is 12.3. The zero-order chi connectivity index (χ0) is 22.8. The Morgan fingerprint density at radius 3 is 2.34 bits per heavy atom. The molecular weight excluding hydrogens is 696 g/mol. The summed E-state index contributed by atoms with van der Waals surface area (Å²) < 4.78 is 13.8. The third kappa shape index (κ3) is 5.56. The molecule has 9 heteroatoms. The molecule has 0 fully saturated rings. The molecule has 0 N–H and O–H groups in total. The molecule has 0 unspecified atom stereocenters. The van der Waals surface area contributed by atoms with E-state index in [2.05, 4.69) is 59.4 Å². The van der Waals surface area contributed by atoms with Crippen LogP contribution in [0.4, 0.5) is 0 Å². The number of ether oxygens (including phenoxy) is 2. The first-order chi connectivity index (χ1) is 15.3. The molecule has 0 saturated heterocycles. The third-order valence-electron chi connectivity index (χ3n) is 4.40. The van der Waals surface area contributed by atoms with Crippen molar-refractivity contribution in [2.24, 2.45) is 4.99 Å². The number of nitrogens with zero attached hydrogens (tertiary/aromatic N) is 1. The molecule has 0 bridgehead atoms. The molecule has 0 radical (unpaired) electrons. The summed E-state index contributed by atoms with van der Waals surface area (Å²) in [4.78, 5) is 16.7. The number of benzene rings is 3. The second kappa shape index (κ2) is 10.3. The van der Waals surface area contributed by atoms with Gasteiger partial charge in [-0.3, -0.25) is 0 Å². The lowest BCUT2D eigenvalue weighted by Gasteiger charge is -2.12. The molecule has 1 heterocycles. The number of rotatable bonds is 5. The van der Waals surface area contributed by atoms with E-state index in [0.717, 1.165) is 20.3 Å². The fraction of sp³-hybridized carbons (Fsp3) is 0.0435. The zero-order valence-corrected chi connectivity index (χ0v) is 22.9. The van der Waals surface area contributed by atoms with E-state index in [0.29, 0.717) is 31.3 Å². The minimum absolute atomic E-state index is 0.224. The number of carbonyl (C=O) groups is 1. The van der Waals surface area contributed by atoms with E-state index in [9.17, 15) is 4.79 Å². The van der Waals surface area contributed by atoms with Crippen LogP contribution in [0, 0.1) is 3.57 Å². The van der Waals surface area contributed by atoms with E-state index in [1.165, 1.54) is 0 Å². The summed E-state index contributed by atoms with van der Waals surface area (Å²) in [7, 11) is 0. The van der Waals surface area contributed by atoms with Gasteiger partial charge in [-0.05, 0) is 120 Å². The number of esters is 1. The van der Waals surface area contributed by atoms with Gasteiger partial charge in [-0.1, -0.05) is 29.3 Å². The monoisotopic (exact) mass is 705 g/mol. The van der Waals surface area contributed by atoms with Gasteiger partial charge in [0.2, 0.25) is 5.90 Å². The predicted molar refractivity (Wildman–Crippen MR) is 142 cm³/mol. The summed E-state index contributed by atoms with van der Waals surface area (Å²) in [6.45, 7) is 0.310. The van der Waals surface area contributed by atoms with Crippen LogP contribution in [0.2, 0.25) is 10.0 Å². The van der Waals surface area contributed by atoms with Gasteiger partial charge in [0.1, 0.15) is 12.4 Å². The summed E-state index contributed by atoms with van der Waals surface area (Å²) in [5.41, 5.74) is 2.61. The SMILES string of the molecule is O=C1OC(c2ccc(I)cc2)=N/C1=C\c1cc(Br)c(OCc2ccc(Cl)c(Cl)c2)c(Br)c1. The van der Waals surface area contributed by atoms with Gasteiger partial charge in [0.25, 0.3) is 0 Å². The van der Waals surface area contributed by atoms with Crippen molar-refractivity contribution in [3.8, 4) is 5.75 Å². The molecule has 0 atom stereocenters. The summed E-state index contributed by atoms with van der Waals surface area (Å²) >= 11 is 21.3. The molecule has 3 aromatic rings. The Kier molecular flexibility index (Phi) is 7.62. The lowest BCUT2D eigenvalue weighted by atomic mass is 10.2. The summed E-state index contributed by atoms with van der Waals surface area (Å²) in [5, 5.41) is 0.968. The van der Waals surface area contributed by atoms with Crippen LogP contribution in [-0.2, 0) is 16.1 Å². The lowest BCUT2D eigenvalue weighted by molar-refractivity contribution is -0.129. The lowest BCUT2D eigenvalue weighted by Crippen LogP contribution is -2.05. The van der Waals surface area contributed by atoms with Crippen LogP contribution in [0.15, 0.2) is 74.2 Å². The zero-order valence-electron chi connectivity index (χ0n) is 16.0. The second-order valence-electron chi connectivity index (χ2n) is 6.69. The molecule has 162 valence electrons. The van der Waals surface area contributed by atoms with Crippen LogP contribution in [0.25, 0.3) is 6.08 Å². The van der Waals surface area contributed by atoms with E-state index in [-0.39, 0.29) is 11.6 Å². The highest BCUT2D eigenvalue weighted by molar-refractivity contribution is 14.1. The van der Waals surface area contributed by atoms with Crippen molar-refractivity contribution >= 4 is 95.6 Å². The van der Waals surface area contributed by atoms with E-state index in [4.69, 9.17) is 32.7 Å². The van der Waals surface area contributed by atoms with Gasteiger partial charge in [-0.15, -0.1) is 0 Å². The van der Waals surface area contributed by atoms with E-state index >= 15 is 0 Å². The number of carbonyl (C=O) groups excluding carboxylic acids is 1. The van der Waals surface area contributed by atoms with Gasteiger partial charge < -0.3 is 9.47 Å². The van der Waals surface area contributed by atoms with Gasteiger partial charge in [0.15, 0.2) is 5.70 Å². The molecule has 0 aliphatic carbocycles. The molecule has 1 aliphatic heterocycles. The Morgan fingerprint density at radius 1 is 1.00 bits per heavy atom. The first-order valence-corrected chi connectivity index (χ1v) is 12.6. The molecule has 4 nitrogen and oxygen atoms in total. The van der Waals surface area contributed by atoms with Crippen molar-refractivity contribution in [1.29, 1.82) is 0 Å². The fourth-order valence-electron chi connectivity index (χ4n) is 2.87. The smallest absolute Gasteiger partial charge is 0.363 e. The number of halogens is 5. The molecule has 32 heavy (non-hydrogen) atoms. The van der Waals surface area contributed by atoms with E-state index < -0.39 is 5.97 Å². The summed E-state index contributed by atoms with van der Waals surface area (Å²) in [6.07, 6.45) is 1.67. The van der Waals surface area contributed by atoms with Crippen molar-refractivity contribution in [3.05, 3.63) is 99.5 Å². The van der Waals surface area contributed by atoms with Gasteiger partial charge in [-0.2, -0.15) is 0 Å². The molecule has 0 aromatic heterocycles. The molecule has 3 aromatic carbocycles. The third-order valence-corrected chi connectivity index (χ3v) is 7.04. The number of hydrogen-bond donors (Lipinski definition) is 0. The first kappa shape index (κ1) is 23.8. The van der Waals surface area contributed by atoms with Crippen molar-refractivity contribution in [2.45, 2.75) is 6.61 Å². The summed E-state index contributed by atoms with van der Waals surface area (Å²) in [6, 6.07) is 16.6. The highest BCUT2D eigenvalue weighted by atomic mass is 127. The van der Waals surface area contributed by atoms with Crippen molar-refractivity contribution < 1.29 is 14.3 Å². The van der Waals surface area contributed by atoms with Crippen molar-refractivity contribution in [3.63, 3.8) is 0 Å². The quantitative estimate of drug-likeness (QED) is 0.153. The average Bonchev–Trinajstić information content (AvgIpc) is 3.10. The molecular formula is C23H12Br2Cl2INO3. The average molecular weight is 708 g/mol. The van der Waals surface area contributed by atoms with Crippen LogP contribution >= 0.6 is 77.7 Å². The molecule has 0 spiro atoms. The minimum Gasteiger partial charge on any atom is -0.487 e. The van der Waals surface area contributed by atoms with Crippen LogP contribution in [0.3, 0.4) is 0 Å². The first-order valence-electron chi connectivity index (χ1n) is 9.14. The number of hydrogen-bond acceptors (Lipinski definition) is 4. The predicted octanol–water partition coefficient (Wildman–Crippen LogP) is 8.05. The Labute approximate surface area is 225 Å². The topological polar surface area (TPSA) is 47.9 Å². The Hall–Kier alpha value is -1.39. The Morgan fingerprint density at radius 2 is 1.69 bits per heavy atom. The standard InChI is InChI=1S/C23H12Br2Cl2INO3/c24-16-7-13(8-17(25)21(16)31-11-12-1-6-18(26)19(27)9-12)10-20-23(30)32-22(29-20)14-2-4-15(28)5-3-14/h1-10H,11H2/b20-10-. The molecule has 1 aliphatic rings. The van der Waals surface area contributed by atoms with Crippen molar-refractivity contribution in [1.82, 2.24) is 0 Å². The Balaban J connectivity index is 1.54. The largest absolute Gasteiger partial charge is 0.487 e. The number of aliphatic imine (C=N–C) groups is 1. The van der Waals surface area contributed by atoms with Gasteiger partial charge >= 0.3 is 5.97 Å². The van der Waals surface area contributed by atoms with Crippen LogP contribution in [0.5, 0.6) is 5.75 Å². The molecule has 0 saturated carbocycles. The fourth-order valence-corrected chi connectivity index (χ4v) is 5.00. The Bertz CT molecular complexity index is 1250. The molecule has 4 rings (SSSR count). The maximum Gasteiger partial charge on any atom is 0.363 e. The number of cyclic esters (lactones) is 1. The van der Waals surface area contributed by atoms with E-state index in [1.807, 2.05) is 42.5 Å². The second-order valence-corrected chi connectivity index (χ2v) is 10.5. The maximum absolute atomic E-state index is 12.3. The van der Waals surface area contributed by atoms with Crippen LogP contribution in [-0.4, -0.2) is 11.9 Å². The van der Waals surface area contributed by atoms with Gasteiger partial charge in [-0.25, -0.2) is 9.79 Å². The highest BCUT2D eigenvalue weighted by Crippen LogP contribution is 2.36.